The van der Waals surface area contributed by atoms with Gasteiger partial charge in [0.25, 0.3) is 0 Å². The molecule has 2 aromatic rings. The largest absolute Gasteiger partial charge is 0.459 e. The molecule has 0 saturated heterocycles. The molecule has 1 aromatic carbocycles. The van der Waals surface area contributed by atoms with Crippen molar-refractivity contribution >= 4 is 17.9 Å². The van der Waals surface area contributed by atoms with Crippen LogP contribution in [0, 0.1) is 0 Å². The summed E-state index contributed by atoms with van der Waals surface area (Å²) >= 11 is 0. The number of nitrogens with zero attached hydrogens (tertiary/aromatic N) is 1. The van der Waals surface area contributed by atoms with E-state index in [1.165, 1.54) is 6.08 Å². The standard InChI is InChI=1S/C15H11NO4/c17-9-12-7-6-11(19-12)8-13-15(18)20-14(16-13)10-4-2-1-3-5-10/h1-8,17H,9H2. The van der Waals surface area contributed by atoms with Gasteiger partial charge in [-0.05, 0) is 24.3 Å². The summed E-state index contributed by atoms with van der Waals surface area (Å²) < 4.78 is 10.4. The van der Waals surface area contributed by atoms with Gasteiger partial charge in [0.2, 0.25) is 5.90 Å². The molecule has 5 heteroatoms. The molecule has 0 bridgehead atoms. The third kappa shape index (κ3) is 2.39. The van der Waals surface area contributed by atoms with Crippen LogP contribution in [0.2, 0.25) is 0 Å². The third-order valence-corrected chi connectivity index (χ3v) is 2.76. The second-order valence-corrected chi connectivity index (χ2v) is 4.16. The van der Waals surface area contributed by atoms with Crippen LogP contribution in [0.1, 0.15) is 17.1 Å². The lowest BCUT2D eigenvalue weighted by molar-refractivity contribution is -0.129. The van der Waals surface area contributed by atoms with Gasteiger partial charge in [-0.3, -0.25) is 0 Å². The summed E-state index contributed by atoms with van der Waals surface area (Å²) in [4.78, 5) is 15.9. The monoisotopic (exact) mass is 269 g/mol. The number of aliphatic imine (C=N–C) groups is 1. The van der Waals surface area contributed by atoms with Crippen molar-refractivity contribution < 1.29 is 19.1 Å². The molecule has 5 nitrogen and oxygen atoms in total. The van der Waals surface area contributed by atoms with Crippen molar-refractivity contribution in [2.45, 2.75) is 6.61 Å². The second-order valence-electron chi connectivity index (χ2n) is 4.16. The smallest absolute Gasteiger partial charge is 0.363 e. The predicted octanol–water partition coefficient (Wildman–Crippen LogP) is 2.12. The van der Waals surface area contributed by atoms with E-state index >= 15 is 0 Å². The Morgan fingerprint density at radius 2 is 1.95 bits per heavy atom. The quantitative estimate of drug-likeness (QED) is 0.684. The maximum atomic E-state index is 11.7. The number of rotatable bonds is 3. The first-order valence-corrected chi connectivity index (χ1v) is 6.04. The number of aliphatic hydroxyl groups is 1. The number of carbonyl (C=O) groups excluding carboxylic acids is 1. The van der Waals surface area contributed by atoms with Crippen molar-refractivity contribution in [2.75, 3.05) is 0 Å². The highest BCUT2D eigenvalue weighted by atomic mass is 16.6. The van der Waals surface area contributed by atoms with Crippen LogP contribution >= 0.6 is 0 Å². The van der Waals surface area contributed by atoms with Crippen LogP contribution in [-0.4, -0.2) is 17.0 Å². The highest BCUT2D eigenvalue weighted by Gasteiger charge is 2.24. The van der Waals surface area contributed by atoms with E-state index in [0.29, 0.717) is 11.5 Å². The Hall–Kier alpha value is -2.66. The van der Waals surface area contributed by atoms with E-state index in [9.17, 15) is 4.79 Å². The number of hydrogen-bond acceptors (Lipinski definition) is 5. The van der Waals surface area contributed by atoms with Crippen molar-refractivity contribution in [3.63, 3.8) is 0 Å². The molecule has 1 aromatic heterocycles. The highest BCUT2D eigenvalue weighted by Crippen LogP contribution is 2.20. The Morgan fingerprint density at radius 3 is 2.65 bits per heavy atom. The lowest BCUT2D eigenvalue weighted by Gasteiger charge is -1.97. The predicted molar refractivity (Wildman–Crippen MR) is 71.7 cm³/mol. The maximum absolute atomic E-state index is 11.7. The summed E-state index contributed by atoms with van der Waals surface area (Å²) in [7, 11) is 0. The first-order valence-electron chi connectivity index (χ1n) is 6.04. The molecule has 20 heavy (non-hydrogen) atoms. The first kappa shape index (κ1) is 12.4. The van der Waals surface area contributed by atoms with E-state index in [1.807, 2.05) is 30.3 Å². The number of aliphatic hydroxyl groups excluding tert-OH is 1. The average Bonchev–Trinajstić information content (AvgIpc) is 3.08. The van der Waals surface area contributed by atoms with Crippen LogP contribution in [0.4, 0.5) is 0 Å². The molecular weight excluding hydrogens is 258 g/mol. The molecule has 100 valence electrons. The molecule has 0 radical (unpaired) electrons. The van der Waals surface area contributed by atoms with E-state index in [2.05, 4.69) is 4.99 Å². The summed E-state index contributed by atoms with van der Waals surface area (Å²) in [5.41, 5.74) is 0.905. The Bertz CT molecular complexity index is 698. The zero-order valence-electron chi connectivity index (χ0n) is 10.4. The van der Waals surface area contributed by atoms with E-state index < -0.39 is 5.97 Å². The summed E-state index contributed by atoms with van der Waals surface area (Å²) in [5.74, 6) is 0.621. The molecule has 0 atom stereocenters. The van der Waals surface area contributed by atoms with Gasteiger partial charge in [-0.15, -0.1) is 0 Å². The minimum Gasteiger partial charge on any atom is -0.459 e. The Morgan fingerprint density at radius 1 is 1.15 bits per heavy atom. The van der Waals surface area contributed by atoms with Gasteiger partial charge >= 0.3 is 5.97 Å². The third-order valence-electron chi connectivity index (χ3n) is 2.76. The number of ether oxygens (including phenoxy) is 1. The van der Waals surface area contributed by atoms with Crippen LogP contribution in [0.15, 0.2) is 57.6 Å². The topological polar surface area (TPSA) is 72.0 Å². The zero-order valence-corrected chi connectivity index (χ0v) is 10.4. The molecule has 1 aliphatic rings. The molecule has 1 aliphatic heterocycles. The number of carbonyl (C=O) groups is 1. The molecule has 1 N–H and O–H groups in total. The SMILES string of the molecule is O=C1OC(c2ccccc2)=NC1=Cc1ccc(CO)o1. The Kier molecular flexibility index (Phi) is 3.18. The molecule has 0 unspecified atom stereocenters. The highest BCUT2D eigenvalue weighted by molar-refractivity contribution is 6.12. The van der Waals surface area contributed by atoms with E-state index in [4.69, 9.17) is 14.3 Å². The van der Waals surface area contributed by atoms with Crippen molar-refractivity contribution in [2.24, 2.45) is 4.99 Å². The number of hydrogen-bond donors (Lipinski definition) is 1. The second kappa shape index (κ2) is 5.14. The van der Waals surface area contributed by atoms with Crippen molar-refractivity contribution in [1.29, 1.82) is 0 Å². The van der Waals surface area contributed by atoms with Gasteiger partial charge in [0, 0.05) is 11.6 Å². The Labute approximate surface area is 114 Å². The van der Waals surface area contributed by atoms with Crippen LogP contribution in [-0.2, 0) is 16.1 Å². The van der Waals surface area contributed by atoms with Gasteiger partial charge in [0.05, 0.1) is 0 Å². The van der Waals surface area contributed by atoms with Gasteiger partial charge in [0.15, 0.2) is 5.70 Å². The van der Waals surface area contributed by atoms with Crippen molar-refractivity contribution in [1.82, 2.24) is 0 Å². The molecule has 0 aliphatic carbocycles. The van der Waals surface area contributed by atoms with E-state index in [-0.39, 0.29) is 18.2 Å². The summed E-state index contributed by atoms with van der Waals surface area (Å²) in [6, 6.07) is 12.5. The average molecular weight is 269 g/mol. The number of esters is 1. The Balaban J connectivity index is 1.90. The van der Waals surface area contributed by atoms with Gasteiger partial charge < -0.3 is 14.3 Å². The normalized spacial score (nSPS) is 16.4. The fourth-order valence-electron chi connectivity index (χ4n) is 1.81. The van der Waals surface area contributed by atoms with Gasteiger partial charge in [-0.1, -0.05) is 18.2 Å². The zero-order chi connectivity index (χ0) is 13.9. The van der Waals surface area contributed by atoms with Crippen LogP contribution < -0.4 is 0 Å². The van der Waals surface area contributed by atoms with Crippen molar-refractivity contribution in [3.05, 3.63) is 65.2 Å². The van der Waals surface area contributed by atoms with Gasteiger partial charge in [-0.25, -0.2) is 9.79 Å². The first-order chi connectivity index (χ1) is 9.76. The lowest BCUT2D eigenvalue weighted by atomic mass is 10.2. The minimum absolute atomic E-state index is 0.169. The number of furan rings is 1. The van der Waals surface area contributed by atoms with Crippen LogP contribution in [0.3, 0.4) is 0 Å². The van der Waals surface area contributed by atoms with Crippen LogP contribution in [0.25, 0.3) is 6.08 Å². The summed E-state index contributed by atoms with van der Waals surface area (Å²) in [6.07, 6.45) is 1.48. The molecule has 0 fully saturated rings. The van der Waals surface area contributed by atoms with Crippen molar-refractivity contribution in [3.8, 4) is 0 Å². The summed E-state index contributed by atoms with van der Waals surface area (Å²) in [5, 5.41) is 8.92. The number of benzene rings is 1. The number of cyclic esters (lactones) is 1. The minimum atomic E-state index is -0.522. The summed E-state index contributed by atoms with van der Waals surface area (Å²) in [6.45, 7) is -0.188. The van der Waals surface area contributed by atoms with E-state index in [0.717, 1.165) is 5.56 Å². The lowest BCUT2D eigenvalue weighted by Crippen LogP contribution is -2.04. The molecule has 0 saturated carbocycles. The molecule has 0 spiro atoms. The van der Waals surface area contributed by atoms with E-state index in [1.54, 1.807) is 12.1 Å². The van der Waals surface area contributed by atoms with Gasteiger partial charge in [-0.2, -0.15) is 0 Å². The molecule has 0 amide bonds. The molecule has 2 heterocycles. The fourth-order valence-corrected chi connectivity index (χ4v) is 1.81. The van der Waals surface area contributed by atoms with Gasteiger partial charge in [0.1, 0.15) is 18.1 Å². The molecular formula is C15H11NO4. The molecule has 3 rings (SSSR count). The van der Waals surface area contributed by atoms with Crippen LogP contribution in [0.5, 0.6) is 0 Å². The maximum Gasteiger partial charge on any atom is 0.363 e. The fraction of sp³-hybridized carbons (Fsp3) is 0.0667.